The zero-order valence-electron chi connectivity index (χ0n) is 13.8. The van der Waals surface area contributed by atoms with Crippen molar-refractivity contribution in [2.24, 2.45) is 0 Å². The van der Waals surface area contributed by atoms with Gasteiger partial charge in [0.2, 0.25) is 0 Å². The molecule has 1 aliphatic heterocycles. The molecule has 0 amide bonds. The van der Waals surface area contributed by atoms with Gasteiger partial charge in [0.05, 0.1) is 17.5 Å². The highest BCUT2D eigenvalue weighted by molar-refractivity contribution is 5.90. The number of hydrogen-bond donors (Lipinski definition) is 1. The maximum absolute atomic E-state index is 9.70. The number of nitrogens with one attached hydrogen (secondary N) is 1. The molecule has 3 heterocycles. The number of benzene rings is 1. The van der Waals surface area contributed by atoms with Crippen LogP contribution in [0, 0.1) is 11.3 Å². The Morgan fingerprint density at radius 2 is 2.04 bits per heavy atom. The van der Waals surface area contributed by atoms with Crippen LogP contribution >= 0.6 is 0 Å². The molecule has 0 saturated carbocycles. The Labute approximate surface area is 145 Å². The van der Waals surface area contributed by atoms with Crippen LogP contribution in [0.25, 0.3) is 22.9 Å². The normalized spacial score (nSPS) is 14.6. The Kier molecular flexibility index (Phi) is 4.13. The fourth-order valence-corrected chi connectivity index (χ4v) is 3.23. The lowest BCUT2D eigenvalue weighted by atomic mass is 10.1. The largest absolute Gasteiger partial charge is 0.310 e. The van der Waals surface area contributed by atoms with Gasteiger partial charge in [-0.05, 0) is 18.9 Å². The first-order chi connectivity index (χ1) is 12.4. The van der Waals surface area contributed by atoms with Gasteiger partial charge in [-0.15, -0.1) is 10.2 Å². The maximum Gasteiger partial charge on any atom is 0.174 e. The van der Waals surface area contributed by atoms with Crippen LogP contribution in [0.3, 0.4) is 0 Å². The van der Waals surface area contributed by atoms with Crippen LogP contribution in [-0.2, 0) is 13.0 Å². The molecule has 4 rings (SSSR count). The van der Waals surface area contributed by atoms with Gasteiger partial charge in [0.1, 0.15) is 11.9 Å². The average molecular weight is 330 g/mol. The van der Waals surface area contributed by atoms with Crippen LogP contribution in [0.15, 0.2) is 36.5 Å². The van der Waals surface area contributed by atoms with Crippen LogP contribution in [0.2, 0.25) is 0 Å². The van der Waals surface area contributed by atoms with Crippen LogP contribution in [-0.4, -0.2) is 25.0 Å². The molecule has 0 spiro atoms. The first-order valence-electron chi connectivity index (χ1n) is 8.50. The number of allylic oxidation sites excluding steroid dienone is 1. The number of H-pyrrole nitrogens is 1. The predicted molar refractivity (Wildman–Crippen MR) is 95.1 cm³/mol. The monoisotopic (exact) mass is 330 g/mol. The molecule has 1 aliphatic rings. The number of aromatic amines is 1. The molecule has 124 valence electrons. The van der Waals surface area contributed by atoms with E-state index in [2.05, 4.69) is 31.0 Å². The standard InChI is InChI=1S/C19H18N6/c20-12-15(19-24-22-17-9-5-2-6-10-25(17)19)11-16-13-21-23-18(16)14-7-3-1-4-8-14/h1,3-4,7-8,11,13H,2,5-6,9-10H2,(H,21,23). The molecule has 0 radical (unpaired) electrons. The van der Waals surface area contributed by atoms with E-state index in [0.29, 0.717) is 11.4 Å². The maximum atomic E-state index is 9.70. The van der Waals surface area contributed by atoms with Crippen LogP contribution < -0.4 is 0 Å². The number of aryl methyl sites for hydroxylation is 1. The second kappa shape index (κ2) is 6.73. The molecule has 1 aromatic carbocycles. The molecule has 6 nitrogen and oxygen atoms in total. The Balaban J connectivity index is 1.76. The molecule has 0 fully saturated rings. The minimum absolute atomic E-state index is 0.513. The van der Waals surface area contributed by atoms with Crippen molar-refractivity contribution in [2.75, 3.05) is 0 Å². The van der Waals surface area contributed by atoms with Crippen LogP contribution in [0.4, 0.5) is 0 Å². The highest BCUT2D eigenvalue weighted by atomic mass is 15.3. The number of nitrogens with zero attached hydrogens (tertiary/aromatic N) is 5. The van der Waals surface area contributed by atoms with Crippen molar-refractivity contribution in [1.29, 1.82) is 5.26 Å². The molecule has 0 saturated heterocycles. The van der Waals surface area contributed by atoms with Crippen molar-refractivity contribution < 1.29 is 0 Å². The summed E-state index contributed by atoms with van der Waals surface area (Å²) >= 11 is 0. The summed E-state index contributed by atoms with van der Waals surface area (Å²) in [6.45, 7) is 0.869. The lowest BCUT2D eigenvalue weighted by Crippen LogP contribution is -2.05. The van der Waals surface area contributed by atoms with E-state index in [-0.39, 0.29) is 0 Å². The molecule has 2 aromatic heterocycles. The summed E-state index contributed by atoms with van der Waals surface area (Å²) in [6, 6.07) is 12.2. The van der Waals surface area contributed by atoms with Crippen LogP contribution in [0.1, 0.15) is 36.5 Å². The Bertz CT molecular complexity index is 942. The van der Waals surface area contributed by atoms with Gasteiger partial charge in [-0.25, -0.2) is 0 Å². The number of aromatic nitrogens is 5. The van der Waals surface area contributed by atoms with Gasteiger partial charge in [-0.1, -0.05) is 36.8 Å². The minimum atomic E-state index is 0.513. The van der Waals surface area contributed by atoms with Gasteiger partial charge >= 0.3 is 0 Å². The molecule has 6 heteroatoms. The van der Waals surface area contributed by atoms with E-state index in [1.807, 2.05) is 36.4 Å². The summed E-state index contributed by atoms with van der Waals surface area (Å²) < 4.78 is 2.09. The number of hydrogen-bond acceptors (Lipinski definition) is 4. The van der Waals surface area contributed by atoms with Gasteiger partial charge < -0.3 is 4.57 Å². The molecule has 0 aliphatic carbocycles. The lowest BCUT2D eigenvalue weighted by Gasteiger charge is -2.06. The van der Waals surface area contributed by atoms with E-state index in [4.69, 9.17) is 0 Å². The summed E-state index contributed by atoms with van der Waals surface area (Å²) in [6.07, 6.45) is 7.91. The number of nitriles is 1. The molecule has 1 N–H and O–H groups in total. The lowest BCUT2D eigenvalue weighted by molar-refractivity contribution is 0.627. The molecular formula is C19H18N6. The summed E-state index contributed by atoms with van der Waals surface area (Å²) in [5.41, 5.74) is 3.31. The summed E-state index contributed by atoms with van der Waals surface area (Å²) in [4.78, 5) is 0. The third kappa shape index (κ3) is 2.96. The minimum Gasteiger partial charge on any atom is -0.310 e. The van der Waals surface area contributed by atoms with E-state index in [9.17, 15) is 5.26 Å². The van der Waals surface area contributed by atoms with Gasteiger partial charge in [0.15, 0.2) is 5.82 Å². The van der Waals surface area contributed by atoms with E-state index in [1.54, 1.807) is 6.20 Å². The zero-order chi connectivity index (χ0) is 17.1. The van der Waals surface area contributed by atoms with Crippen molar-refractivity contribution in [2.45, 2.75) is 32.2 Å². The van der Waals surface area contributed by atoms with Crippen molar-refractivity contribution >= 4 is 11.6 Å². The number of fused-ring (bicyclic) bond motifs is 1. The second-order valence-electron chi connectivity index (χ2n) is 6.14. The van der Waals surface area contributed by atoms with Gasteiger partial charge in [-0.2, -0.15) is 10.4 Å². The number of rotatable bonds is 3. The molecule has 0 unspecified atom stereocenters. The molecule has 0 bridgehead atoms. The first kappa shape index (κ1) is 15.3. The molecule has 25 heavy (non-hydrogen) atoms. The Morgan fingerprint density at radius 3 is 2.88 bits per heavy atom. The van der Waals surface area contributed by atoms with Gasteiger partial charge in [-0.3, -0.25) is 5.10 Å². The highest BCUT2D eigenvalue weighted by Crippen LogP contribution is 2.26. The molecule has 0 atom stereocenters. The Hall–Kier alpha value is -3.20. The smallest absolute Gasteiger partial charge is 0.174 e. The van der Waals surface area contributed by atoms with Crippen molar-refractivity contribution in [1.82, 2.24) is 25.0 Å². The molecule has 3 aromatic rings. The second-order valence-corrected chi connectivity index (χ2v) is 6.14. The predicted octanol–water partition coefficient (Wildman–Crippen LogP) is 3.46. The van der Waals surface area contributed by atoms with Gasteiger partial charge in [0, 0.05) is 24.1 Å². The quantitative estimate of drug-likeness (QED) is 0.745. The van der Waals surface area contributed by atoms with E-state index < -0.39 is 0 Å². The molecular weight excluding hydrogens is 312 g/mol. The summed E-state index contributed by atoms with van der Waals surface area (Å²) in [5.74, 6) is 1.63. The topological polar surface area (TPSA) is 83.2 Å². The average Bonchev–Trinajstić information content (AvgIpc) is 3.21. The highest BCUT2D eigenvalue weighted by Gasteiger charge is 2.18. The van der Waals surface area contributed by atoms with E-state index in [1.165, 1.54) is 6.42 Å². The third-order valence-corrected chi connectivity index (χ3v) is 4.50. The van der Waals surface area contributed by atoms with Crippen LogP contribution in [0.5, 0.6) is 0 Å². The summed E-state index contributed by atoms with van der Waals surface area (Å²) in [7, 11) is 0. The van der Waals surface area contributed by atoms with Crippen molar-refractivity contribution in [3.8, 4) is 17.3 Å². The first-order valence-corrected chi connectivity index (χ1v) is 8.50. The van der Waals surface area contributed by atoms with Gasteiger partial charge in [0.25, 0.3) is 0 Å². The zero-order valence-corrected chi connectivity index (χ0v) is 13.8. The summed E-state index contributed by atoms with van der Waals surface area (Å²) in [5, 5.41) is 25.4. The van der Waals surface area contributed by atoms with E-state index in [0.717, 1.165) is 48.5 Å². The van der Waals surface area contributed by atoms with Crippen molar-refractivity contribution in [3.05, 3.63) is 53.7 Å². The fourth-order valence-electron chi connectivity index (χ4n) is 3.23. The SMILES string of the molecule is N#CC(=Cc1cn[nH]c1-c1ccccc1)c1nnc2n1CCCCC2. The van der Waals surface area contributed by atoms with Crippen molar-refractivity contribution in [3.63, 3.8) is 0 Å². The Morgan fingerprint density at radius 1 is 1.16 bits per heavy atom. The fraction of sp³-hybridized carbons (Fsp3) is 0.263. The third-order valence-electron chi connectivity index (χ3n) is 4.50. The van der Waals surface area contributed by atoms with E-state index >= 15 is 0 Å².